The summed E-state index contributed by atoms with van der Waals surface area (Å²) in [6.45, 7) is 3.25. The van der Waals surface area contributed by atoms with Crippen molar-refractivity contribution in [3.63, 3.8) is 0 Å². The van der Waals surface area contributed by atoms with Gasteiger partial charge >= 0.3 is 0 Å². The van der Waals surface area contributed by atoms with Crippen LogP contribution in [0.4, 0.5) is 11.4 Å². The summed E-state index contributed by atoms with van der Waals surface area (Å²) in [6, 6.07) is 75.7. The van der Waals surface area contributed by atoms with E-state index in [2.05, 4.69) is 247 Å². The zero-order chi connectivity index (χ0) is 42.8. The Morgan fingerprint density at radius 3 is 1.62 bits per heavy atom. The number of aromatic nitrogens is 1. The van der Waals surface area contributed by atoms with Gasteiger partial charge in [0.1, 0.15) is 0 Å². The molecule has 64 heavy (non-hydrogen) atoms. The Labute approximate surface area is 377 Å². The summed E-state index contributed by atoms with van der Waals surface area (Å²) in [6.07, 6.45) is 12.6. The molecule has 2 heteroatoms. The number of allylic oxidation sites excluding steroid dienone is 3. The summed E-state index contributed by atoms with van der Waals surface area (Å²) in [5.41, 5.74) is 21.4. The summed E-state index contributed by atoms with van der Waals surface area (Å²) >= 11 is 0. The molecular formula is C62H50N2. The number of anilines is 2. The smallest absolute Gasteiger partial charge is 0.0560 e. The second-order valence-electron chi connectivity index (χ2n) is 17.0. The molecular weight excluding hydrogens is 773 g/mol. The fourth-order valence-corrected chi connectivity index (χ4v) is 10.0. The molecule has 0 aliphatic heterocycles. The number of benzene rings is 8. The molecule has 2 nitrogen and oxygen atoms in total. The lowest BCUT2D eigenvalue weighted by Gasteiger charge is -2.33. The average molecular weight is 823 g/mol. The minimum Gasteiger partial charge on any atom is -0.344 e. The summed E-state index contributed by atoms with van der Waals surface area (Å²) in [5, 5.41) is 1.35. The lowest BCUT2D eigenvalue weighted by Crippen LogP contribution is -2.30. The molecule has 0 N–H and O–H groups in total. The van der Waals surface area contributed by atoms with Crippen LogP contribution >= 0.6 is 0 Å². The molecule has 1 unspecified atom stereocenters. The number of para-hydroxylation sites is 1. The van der Waals surface area contributed by atoms with E-state index in [1.165, 1.54) is 100 Å². The van der Waals surface area contributed by atoms with Gasteiger partial charge in [-0.1, -0.05) is 194 Å². The molecule has 0 amide bonds. The van der Waals surface area contributed by atoms with Crippen molar-refractivity contribution < 1.29 is 0 Å². The van der Waals surface area contributed by atoms with Gasteiger partial charge in [0, 0.05) is 40.1 Å². The highest BCUT2D eigenvalue weighted by Crippen LogP contribution is 2.41. The lowest BCUT2D eigenvalue weighted by molar-refractivity contribution is 0.727. The third kappa shape index (κ3) is 7.52. The Balaban J connectivity index is 0.923. The summed E-state index contributed by atoms with van der Waals surface area (Å²) in [5.74, 6) is 0. The Kier molecular flexibility index (Phi) is 10.6. The second-order valence-corrected chi connectivity index (χ2v) is 17.0. The van der Waals surface area contributed by atoms with Crippen LogP contribution in [-0.2, 0) is 13.0 Å². The minimum absolute atomic E-state index is 0.131. The minimum atomic E-state index is 0.131. The fourth-order valence-electron chi connectivity index (χ4n) is 10.0. The van der Waals surface area contributed by atoms with Gasteiger partial charge in [0.2, 0.25) is 0 Å². The van der Waals surface area contributed by atoms with Gasteiger partial charge in [-0.05, 0) is 129 Å². The van der Waals surface area contributed by atoms with Crippen LogP contribution in [0, 0.1) is 0 Å². The SMILES string of the molecule is CCn1c2c(c3ccccc31)C(c1cccc(-c3cccc(N(c4ccc(-c5ccc(-c6ccccc6)cc5)cc4)C4C=CC(c5ccc(-c6ccccc6)cc5)=CC4)c3)c1)=CCC2. The molecule has 1 aromatic heterocycles. The highest BCUT2D eigenvalue weighted by Gasteiger charge is 2.24. The zero-order valence-electron chi connectivity index (χ0n) is 36.2. The average Bonchev–Trinajstić information content (AvgIpc) is 3.71. The first-order valence-electron chi connectivity index (χ1n) is 22.8. The van der Waals surface area contributed by atoms with Gasteiger partial charge < -0.3 is 9.47 Å². The maximum atomic E-state index is 2.52. The van der Waals surface area contributed by atoms with E-state index >= 15 is 0 Å². The number of hydrogen-bond acceptors (Lipinski definition) is 1. The predicted molar refractivity (Wildman–Crippen MR) is 272 cm³/mol. The first kappa shape index (κ1) is 39.2. The Morgan fingerprint density at radius 1 is 0.469 bits per heavy atom. The van der Waals surface area contributed by atoms with Crippen LogP contribution in [-0.4, -0.2) is 10.6 Å². The van der Waals surface area contributed by atoms with Crippen molar-refractivity contribution in [2.75, 3.05) is 4.90 Å². The van der Waals surface area contributed by atoms with Gasteiger partial charge in [0.25, 0.3) is 0 Å². The van der Waals surface area contributed by atoms with Crippen molar-refractivity contribution in [2.45, 2.75) is 38.8 Å². The molecule has 2 aliphatic rings. The predicted octanol–water partition coefficient (Wildman–Crippen LogP) is 16.3. The molecule has 0 radical (unpaired) electrons. The van der Waals surface area contributed by atoms with Crippen molar-refractivity contribution in [3.05, 3.63) is 253 Å². The topological polar surface area (TPSA) is 8.17 Å². The maximum absolute atomic E-state index is 2.52. The molecule has 8 aromatic carbocycles. The van der Waals surface area contributed by atoms with Crippen LogP contribution in [0.3, 0.4) is 0 Å². The summed E-state index contributed by atoms with van der Waals surface area (Å²) < 4.78 is 2.52. The van der Waals surface area contributed by atoms with Crippen molar-refractivity contribution in [1.82, 2.24) is 4.57 Å². The van der Waals surface area contributed by atoms with Gasteiger partial charge in [-0.3, -0.25) is 0 Å². The van der Waals surface area contributed by atoms with Gasteiger partial charge in [0.15, 0.2) is 0 Å². The van der Waals surface area contributed by atoms with Crippen molar-refractivity contribution >= 4 is 33.4 Å². The van der Waals surface area contributed by atoms with Crippen LogP contribution in [0.5, 0.6) is 0 Å². The summed E-state index contributed by atoms with van der Waals surface area (Å²) in [7, 11) is 0. The quantitative estimate of drug-likeness (QED) is 0.133. The lowest BCUT2D eigenvalue weighted by atomic mass is 9.88. The van der Waals surface area contributed by atoms with Crippen LogP contribution in [0.2, 0.25) is 0 Å². The molecule has 0 saturated heterocycles. The van der Waals surface area contributed by atoms with E-state index < -0.39 is 0 Å². The van der Waals surface area contributed by atoms with Gasteiger partial charge in [-0.15, -0.1) is 0 Å². The number of rotatable bonds is 10. The van der Waals surface area contributed by atoms with E-state index in [1.54, 1.807) is 0 Å². The molecule has 0 spiro atoms. The number of hydrogen-bond donors (Lipinski definition) is 0. The van der Waals surface area contributed by atoms with Crippen LogP contribution in [0.1, 0.15) is 42.1 Å². The van der Waals surface area contributed by atoms with Gasteiger partial charge in [0.05, 0.1) is 6.04 Å². The van der Waals surface area contributed by atoms with E-state index in [9.17, 15) is 0 Å². The molecule has 1 heterocycles. The molecule has 9 aromatic rings. The molecule has 0 saturated carbocycles. The Morgan fingerprint density at radius 2 is 1.00 bits per heavy atom. The molecule has 0 fully saturated rings. The van der Waals surface area contributed by atoms with E-state index in [0.29, 0.717) is 0 Å². The molecule has 11 rings (SSSR count). The number of fused-ring (bicyclic) bond motifs is 3. The first-order chi connectivity index (χ1) is 31.7. The number of aryl methyl sites for hydroxylation is 1. The molecule has 308 valence electrons. The largest absolute Gasteiger partial charge is 0.344 e. The highest BCUT2D eigenvalue weighted by atomic mass is 15.2. The zero-order valence-corrected chi connectivity index (χ0v) is 36.2. The van der Waals surface area contributed by atoms with E-state index in [4.69, 9.17) is 0 Å². The van der Waals surface area contributed by atoms with Crippen molar-refractivity contribution in [1.29, 1.82) is 0 Å². The summed E-state index contributed by atoms with van der Waals surface area (Å²) in [4.78, 5) is 2.52. The van der Waals surface area contributed by atoms with Gasteiger partial charge in [-0.2, -0.15) is 0 Å². The van der Waals surface area contributed by atoms with Crippen molar-refractivity contribution in [3.8, 4) is 44.5 Å². The first-order valence-corrected chi connectivity index (χ1v) is 22.8. The van der Waals surface area contributed by atoms with Gasteiger partial charge in [-0.25, -0.2) is 0 Å². The standard InChI is InChI=1S/C62H50N2/c1-2-63-60-24-10-9-22-59(60)62-58(23-13-25-61(62)63)54-20-11-18-52(42-54)53-19-12-21-57(43-53)64(55-38-34-50(35-39-55)48-30-26-46(27-31-48)44-14-5-3-6-15-44)56-40-36-51(37-41-56)49-32-28-47(29-33-49)45-16-7-4-8-17-45/h3-12,14-24,26-40,42-43,56H,2,13,25,41H2,1H3. The fraction of sp³-hybridized carbons (Fsp3) is 0.0968. The normalized spacial score (nSPS) is 14.5. The Hall–Kier alpha value is -7.68. The van der Waals surface area contributed by atoms with E-state index in [0.717, 1.165) is 25.8 Å². The van der Waals surface area contributed by atoms with Crippen LogP contribution in [0.15, 0.2) is 231 Å². The van der Waals surface area contributed by atoms with Crippen LogP contribution in [0.25, 0.3) is 66.6 Å². The van der Waals surface area contributed by atoms with Crippen molar-refractivity contribution in [2.24, 2.45) is 0 Å². The Bertz CT molecular complexity index is 3180. The third-order valence-electron chi connectivity index (χ3n) is 13.2. The number of nitrogens with zero attached hydrogens (tertiary/aromatic N) is 2. The monoisotopic (exact) mass is 822 g/mol. The van der Waals surface area contributed by atoms with Crippen LogP contribution < -0.4 is 4.90 Å². The highest BCUT2D eigenvalue weighted by molar-refractivity contribution is 6.00. The second kappa shape index (κ2) is 17.2. The molecule has 1 atom stereocenters. The molecule has 2 aliphatic carbocycles. The van der Waals surface area contributed by atoms with E-state index in [1.807, 2.05) is 0 Å². The third-order valence-corrected chi connectivity index (χ3v) is 13.2. The van der Waals surface area contributed by atoms with E-state index in [-0.39, 0.29) is 6.04 Å². The molecule has 0 bridgehead atoms. The maximum Gasteiger partial charge on any atom is 0.0560 e.